The summed E-state index contributed by atoms with van der Waals surface area (Å²) >= 11 is 1.30. The van der Waals surface area contributed by atoms with Gasteiger partial charge in [0, 0.05) is 18.6 Å². The monoisotopic (exact) mass is 216 g/mol. The lowest BCUT2D eigenvalue weighted by Gasteiger charge is -2.00. The Morgan fingerprint density at radius 1 is 1.43 bits per heavy atom. The third kappa shape index (κ3) is 3.01. The van der Waals surface area contributed by atoms with Gasteiger partial charge >= 0.3 is 5.97 Å². The van der Waals surface area contributed by atoms with E-state index in [2.05, 4.69) is 4.74 Å². The molecule has 0 saturated carbocycles. The summed E-state index contributed by atoms with van der Waals surface area (Å²) in [7, 11) is 2.96. The van der Waals surface area contributed by atoms with E-state index >= 15 is 0 Å². The number of hydrogen-bond acceptors (Lipinski definition) is 5. The van der Waals surface area contributed by atoms with Crippen LogP contribution in [0.4, 0.5) is 0 Å². The lowest BCUT2D eigenvalue weighted by atomic mass is 10.4. The van der Waals surface area contributed by atoms with Crippen LogP contribution >= 0.6 is 11.3 Å². The minimum atomic E-state index is -0.336. The van der Waals surface area contributed by atoms with Crippen LogP contribution in [0.2, 0.25) is 0 Å². The fourth-order valence-corrected chi connectivity index (χ4v) is 1.59. The lowest BCUT2D eigenvalue weighted by molar-refractivity contribution is 0.0606. The molecule has 0 bridgehead atoms. The van der Waals surface area contributed by atoms with Gasteiger partial charge < -0.3 is 14.2 Å². The van der Waals surface area contributed by atoms with E-state index in [1.165, 1.54) is 18.4 Å². The van der Waals surface area contributed by atoms with Gasteiger partial charge in [-0.05, 0) is 0 Å². The van der Waals surface area contributed by atoms with Crippen LogP contribution in [0.1, 0.15) is 9.67 Å². The summed E-state index contributed by atoms with van der Waals surface area (Å²) in [5.41, 5.74) is 0. The molecule has 0 amide bonds. The zero-order chi connectivity index (χ0) is 10.4. The van der Waals surface area contributed by atoms with Gasteiger partial charge in [-0.2, -0.15) is 0 Å². The molecule has 0 unspecified atom stereocenters. The second-order valence-electron chi connectivity index (χ2n) is 2.48. The van der Waals surface area contributed by atoms with E-state index in [4.69, 9.17) is 9.47 Å². The Morgan fingerprint density at radius 2 is 2.21 bits per heavy atom. The molecule has 0 aliphatic rings. The second-order valence-corrected chi connectivity index (χ2v) is 3.39. The molecule has 1 rings (SSSR count). The first-order valence-electron chi connectivity index (χ1n) is 4.06. The van der Waals surface area contributed by atoms with Crippen molar-refractivity contribution >= 4 is 17.3 Å². The van der Waals surface area contributed by atoms with Crippen molar-refractivity contribution in [3.8, 4) is 5.75 Å². The number of ether oxygens (including phenoxy) is 3. The third-order valence-electron chi connectivity index (χ3n) is 1.52. The number of thiophene rings is 1. The summed E-state index contributed by atoms with van der Waals surface area (Å²) < 4.78 is 14.7. The molecule has 0 aliphatic carbocycles. The molecule has 0 aliphatic heterocycles. The number of carbonyl (C=O) groups excluding carboxylic acids is 1. The fraction of sp³-hybridized carbons (Fsp3) is 0.444. The molecule has 4 nitrogen and oxygen atoms in total. The van der Waals surface area contributed by atoms with Crippen molar-refractivity contribution in [1.82, 2.24) is 0 Å². The van der Waals surface area contributed by atoms with Gasteiger partial charge in [0.25, 0.3) is 0 Å². The molecule has 1 aromatic heterocycles. The molecule has 0 aromatic carbocycles. The van der Waals surface area contributed by atoms with Gasteiger partial charge in [0.15, 0.2) is 0 Å². The Balaban J connectivity index is 2.46. The molecule has 1 aromatic rings. The highest BCUT2D eigenvalue weighted by Crippen LogP contribution is 2.21. The number of rotatable bonds is 5. The Labute approximate surface area is 86.4 Å². The van der Waals surface area contributed by atoms with E-state index in [1.54, 1.807) is 18.6 Å². The SMILES string of the molecule is COCCOc1csc(C(=O)OC)c1. The largest absolute Gasteiger partial charge is 0.490 e. The first kappa shape index (κ1) is 11.0. The van der Waals surface area contributed by atoms with Gasteiger partial charge in [-0.15, -0.1) is 11.3 Å². The van der Waals surface area contributed by atoms with E-state index in [-0.39, 0.29) is 5.97 Å². The number of carbonyl (C=O) groups is 1. The first-order chi connectivity index (χ1) is 6.77. The maximum atomic E-state index is 11.1. The average Bonchev–Trinajstić information content (AvgIpc) is 2.66. The Morgan fingerprint density at radius 3 is 2.86 bits per heavy atom. The van der Waals surface area contributed by atoms with E-state index < -0.39 is 0 Å². The maximum Gasteiger partial charge on any atom is 0.348 e. The number of methoxy groups -OCH3 is 2. The smallest absolute Gasteiger partial charge is 0.348 e. The van der Waals surface area contributed by atoms with Crippen LogP contribution in [0.15, 0.2) is 11.4 Å². The van der Waals surface area contributed by atoms with Crippen LogP contribution in [0.25, 0.3) is 0 Å². The molecule has 5 heteroatoms. The molecule has 78 valence electrons. The molecule has 1 heterocycles. The van der Waals surface area contributed by atoms with Crippen molar-refractivity contribution in [1.29, 1.82) is 0 Å². The van der Waals surface area contributed by atoms with Crippen LogP contribution in [-0.4, -0.2) is 33.4 Å². The Hall–Kier alpha value is -1.07. The van der Waals surface area contributed by atoms with Gasteiger partial charge in [0.1, 0.15) is 17.2 Å². The van der Waals surface area contributed by atoms with Crippen LogP contribution in [0, 0.1) is 0 Å². The molecular weight excluding hydrogens is 204 g/mol. The summed E-state index contributed by atoms with van der Waals surface area (Å²) in [6.07, 6.45) is 0. The zero-order valence-electron chi connectivity index (χ0n) is 8.11. The summed E-state index contributed by atoms with van der Waals surface area (Å²) in [6, 6.07) is 1.66. The highest BCUT2D eigenvalue weighted by Gasteiger charge is 2.09. The van der Waals surface area contributed by atoms with Crippen molar-refractivity contribution in [2.75, 3.05) is 27.4 Å². The highest BCUT2D eigenvalue weighted by molar-refractivity contribution is 7.12. The maximum absolute atomic E-state index is 11.1. The molecule has 0 saturated heterocycles. The third-order valence-corrected chi connectivity index (χ3v) is 2.41. The van der Waals surface area contributed by atoms with Crippen molar-refractivity contribution in [3.63, 3.8) is 0 Å². The van der Waals surface area contributed by atoms with E-state index in [0.717, 1.165) is 0 Å². The second kappa shape index (κ2) is 5.62. The van der Waals surface area contributed by atoms with Gasteiger partial charge in [-0.1, -0.05) is 0 Å². The lowest BCUT2D eigenvalue weighted by Crippen LogP contribution is -2.03. The summed E-state index contributed by atoms with van der Waals surface area (Å²) in [5.74, 6) is 0.337. The van der Waals surface area contributed by atoms with Crippen molar-refractivity contribution in [3.05, 3.63) is 16.3 Å². The predicted octanol–water partition coefficient (Wildman–Crippen LogP) is 1.56. The van der Waals surface area contributed by atoms with Crippen molar-refractivity contribution < 1.29 is 19.0 Å². The number of hydrogen-bond donors (Lipinski definition) is 0. The van der Waals surface area contributed by atoms with Gasteiger partial charge in [0.2, 0.25) is 0 Å². The first-order valence-corrected chi connectivity index (χ1v) is 4.94. The zero-order valence-corrected chi connectivity index (χ0v) is 8.93. The highest BCUT2D eigenvalue weighted by atomic mass is 32.1. The van der Waals surface area contributed by atoms with E-state index in [9.17, 15) is 4.79 Å². The minimum Gasteiger partial charge on any atom is -0.490 e. The van der Waals surface area contributed by atoms with Crippen molar-refractivity contribution in [2.45, 2.75) is 0 Å². The summed E-state index contributed by atoms with van der Waals surface area (Å²) in [6.45, 7) is 1.01. The topological polar surface area (TPSA) is 44.8 Å². The molecule has 0 radical (unpaired) electrons. The van der Waals surface area contributed by atoms with Gasteiger partial charge in [0.05, 0.1) is 13.7 Å². The van der Waals surface area contributed by atoms with E-state index in [1.807, 2.05) is 0 Å². The van der Waals surface area contributed by atoms with Crippen LogP contribution in [0.5, 0.6) is 5.75 Å². The molecule has 0 N–H and O–H groups in total. The van der Waals surface area contributed by atoms with Crippen LogP contribution in [0.3, 0.4) is 0 Å². The van der Waals surface area contributed by atoms with Gasteiger partial charge in [-0.25, -0.2) is 4.79 Å². The Kier molecular flexibility index (Phi) is 4.42. The molecule has 0 fully saturated rings. The van der Waals surface area contributed by atoms with Crippen molar-refractivity contribution in [2.24, 2.45) is 0 Å². The minimum absolute atomic E-state index is 0.336. The van der Waals surface area contributed by atoms with Gasteiger partial charge in [-0.3, -0.25) is 0 Å². The quantitative estimate of drug-likeness (QED) is 0.553. The normalized spacial score (nSPS) is 9.86. The molecule has 0 atom stereocenters. The summed E-state index contributed by atoms with van der Waals surface area (Å²) in [5, 5.41) is 1.77. The average molecular weight is 216 g/mol. The molecular formula is C9H12O4S. The Bertz CT molecular complexity index is 295. The van der Waals surface area contributed by atoms with E-state index in [0.29, 0.717) is 23.8 Å². The number of esters is 1. The standard InChI is InChI=1S/C9H12O4S/c1-11-3-4-13-7-5-8(14-6-7)9(10)12-2/h5-6H,3-4H2,1-2H3. The summed E-state index contributed by atoms with van der Waals surface area (Å²) in [4.78, 5) is 11.6. The molecule has 14 heavy (non-hydrogen) atoms. The fourth-order valence-electron chi connectivity index (χ4n) is 0.845. The van der Waals surface area contributed by atoms with Crippen LogP contribution < -0.4 is 4.74 Å². The van der Waals surface area contributed by atoms with Crippen LogP contribution in [-0.2, 0) is 9.47 Å². The predicted molar refractivity (Wildman–Crippen MR) is 53.0 cm³/mol. The molecule has 0 spiro atoms.